The Kier molecular flexibility index (Phi) is 5.82. The highest BCUT2D eigenvalue weighted by atomic mass is 79.9. The number of ether oxygens (including phenoxy) is 1. The Morgan fingerprint density at radius 2 is 2.19 bits per heavy atom. The van der Waals surface area contributed by atoms with Gasteiger partial charge >= 0.3 is 0 Å². The molecule has 0 unspecified atom stereocenters. The summed E-state index contributed by atoms with van der Waals surface area (Å²) < 4.78 is 9.03. The molecule has 2 rings (SSSR count). The van der Waals surface area contributed by atoms with E-state index in [1.165, 1.54) is 0 Å². The van der Waals surface area contributed by atoms with Crippen LogP contribution in [0.3, 0.4) is 0 Å². The van der Waals surface area contributed by atoms with Crippen LogP contribution in [0.2, 0.25) is 0 Å². The number of halogens is 1. The first-order valence-electron chi connectivity index (χ1n) is 7.17. The van der Waals surface area contributed by atoms with Crippen molar-refractivity contribution in [1.29, 1.82) is 0 Å². The Bertz CT molecular complexity index is 581. The molecule has 0 radical (unpaired) electrons. The highest BCUT2D eigenvalue weighted by molar-refractivity contribution is 9.10. The lowest BCUT2D eigenvalue weighted by Gasteiger charge is -2.14. The zero-order valence-corrected chi connectivity index (χ0v) is 14.4. The van der Waals surface area contributed by atoms with Crippen LogP contribution >= 0.6 is 15.9 Å². The maximum atomic E-state index is 5.94. The second-order valence-electron chi connectivity index (χ2n) is 5.34. The van der Waals surface area contributed by atoms with Gasteiger partial charge in [-0.3, -0.25) is 0 Å². The molecule has 1 aromatic carbocycles. The Hall–Kier alpha value is -1.33. The summed E-state index contributed by atoms with van der Waals surface area (Å²) in [6.07, 6.45) is 4.57. The Balaban J connectivity index is 1.96. The predicted molar refractivity (Wildman–Crippen MR) is 88.5 cm³/mol. The molecule has 0 aliphatic rings. The zero-order valence-electron chi connectivity index (χ0n) is 12.8. The molecule has 0 bridgehead atoms. The molecule has 0 aliphatic carbocycles. The fourth-order valence-electron chi connectivity index (χ4n) is 2.03. The van der Waals surface area contributed by atoms with Crippen LogP contribution in [0.25, 0.3) is 0 Å². The number of benzene rings is 1. The van der Waals surface area contributed by atoms with Crippen LogP contribution < -0.4 is 10.1 Å². The minimum atomic E-state index is 0.449. The van der Waals surface area contributed by atoms with Crippen molar-refractivity contribution in [1.82, 2.24) is 14.9 Å². The van der Waals surface area contributed by atoms with Gasteiger partial charge in [-0.1, -0.05) is 29.8 Å². The average Bonchev–Trinajstić information content (AvgIpc) is 2.84. The van der Waals surface area contributed by atoms with E-state index in [4.69, 9.17) is 4.74 Å². The molecular formula is C16H22BrN3O. The smallest absolute Gasteiger partial charge is 0.123 e. The highest BCUT2D eigenvalue weighted by Gasteiger charge is 2.07. The fourth-order valence-corrected chi connectivity index (χ4v) is 2.44. The summed E-state index contributed by atoms with van der Waals surface area (Å²) in [6.45, 7) is 5.70. The van der Waals surface area contributed by atoms with Gasteiger partial charge in [0.05, 0.1) is 6.61 Å². The van der Waals surface area contributed by atoms with Crippen LogP contribution in [-0.2, 0) is 20.0 Å². The third-order valence-electron chi connectivity index (χ3n) is 3.23. The van der Waals surface area contributed by atoms with Gasteiger partial charge in [-0.05, 0) is 18.2 Å². The largest absolute Gasteiger partial charge is 0.493 e. The molecule has 5 heteroatoms. The van der Waals surface area contributed by atoms with Gasteiger partial charge in [-0.2, -0.15) is 0 Å². The van der Waals surface area contributed by atoms with Crippen LogP contribution in [0.4, 0.5) is 0 Å². The van der Waals surface area contributed by atoms with Gasteiger partial charge < -0.3 is 14.6 Å². The van der Waals surface area contributed by atoms with E-state index in [2.05, 4.69) is 46.1 Å². The molecule has 0 atom stereocenters. The Morgan fingerprint density at radius 1 is 1.38 bits per heavy atom. The average molecular weight is 352 g/mol. The molecule has 0 amide bonds. The lowest BCUT2D eigenvalue weighted by molar-refractivity contribution is 0.313. The summed E-state index contributed by atoms with van der Waals surface area (Å²) >= 11 is 3.52. The van der Waals surface area contributed by atoms with Crippen molar-refractivity contribution < 1.29 is 4.74 Å². The molecule has 114 valence electrons. The van der Waals surface area contributed by atoms with Gasteiger partial charge in [0.2, 0.25) is 0 Å². The first-order chi connectivity index (χ1) is 10.1. The van der Waals surface area contributed by atoms with Crippen molar-refractivity contribution in [2.24, 2.45) is 7.05 Å². The van der Waals surface area contributed by atoms with Crippen molar-refractivity contribution >= 4 is 15.9 Å². The lowest BCUT2D eigenvalue weighted by atomic mass is 10.2. The van der Waals surface area contributed by atoms with E-state index in [0.29, 0.717) is 12.6 Å². The Morgan fingerprint density at radius 3 is 2.86 bits per heavy atom. The summed E-state index contributed by atoms with van der Waals surface area (Å²) in [5, 5.41) is 3.43. The lowest BCUT2D eigenvalue weighted by Crippen LogP contribution is -2.22. The summed E-state index contributed by atoms with van der Waals surface area (Å²) in [6, 6.07) is 6.57. The second-order valence-corrected chi connectivity index (χ2v) is 6.26. The monoisotopic (exact) mass is 351 g/mol. The quantitative estimate of drug-likeness (QED) is 0.831. The van der Waals surface area contributed by atoms with Crippen molar-refractivity contribution in [3.8, 4) is 5.75 Å². The molecular weight excluding hydrogens is 330 g/mol. The fraction of sp³-hybridized carbons (Fsp3) is 0.438. The van der Waals surface area contributed by atoms with Crippen LogP contribution in [-0.4, -0.2) is 22.2 Å². The van der Waals surface area contributed by atoms with Crippen molar-refractivity contribution in [3.63, 3.8) is 0 Å². The molecule has 0 aliphatic heterocycles. The molecule has 4 nitrogen and oxygen atoms in total. The summed E-state index contributed by atoms with van der Waals surface area (Å²) in [4.78, 5) is 4.31. The molecule has 0 spiro atoms. The first kappa shape index (κ1) is 16.0. The van der Waals surface area contributed by atoms with Gasteiger partial charge in [0.1, 0.15) is 11.6 Å². The maximum absolute atomic E-state index is 5.94. The zero-order chi connectivity index (χ0) is 15.2. The summed E-state index contributed by atoms with van der Waals surface area (Å²) in [5.41, 5.74) is 1.16. The molecule has 1 N–H and O–H groups in total. The third-order valence-corrected chi connectivity index (χ3v) is 3.72. The number of hydrogen-bond donors (Lipinski definition) is 1. The van der Waals surface area contributed by atoms with E-state index >= 15 is 0 Å². The normalized spacial score (nSPS) is 11.1. The molecule has 1 heterocycles. The minimum absolute atomic E-state index is 0.449. The third kappa shape index (κ3) is 4.86. The van der Waals surface area contributed by atoms with Crippen molar-refractivity contribution in [3.05, 3.63) is 46.5 Å². The second kappa shape index (κ2) is 7.61. The van der Waals surface area contributed by atoms with Gasteiger partial charge in [0.25, 0.3) is 0 Å². The van der Waals surface area contributed by atoms with Crippen LogP contribution in [0.1, 0.15) is 25.2 Å². The number of hydrogen-bond acceptors (Lipinski definition) is 3. The van der Waals surface area contributed by atoms with Gasteiger partial charge in [-0.15, -0.1) is 0 Å². The van der Waals surface area contributed by atoms with E-state index in [1.54, 1.807) is 0 Å². The van der Waals surface area contributed by atoms with Crippen molar-refractivity contribution in [2.45, 2.75) is 32.9 Å². The van der Waals surface area contributed by atoms with Crippen LogP contribution in [0, 0.1) is 0 Å². The predicted octanol–water partition coefficient (Wildman–Crippen LogP) is 3.30. The number of aromatic nitrogens is 2. The van der Waals surface area contributed by atoms with Crippen molar-refractivity contribution in [2.75, 3.05) is 6.61 Å². The van der Waals surface area contributed by atoms with Crippen LogP contribution in [0.15, 0.2) is 35.1 Å². The number of nitrogens with one attached hydrogen (secondary N) is 1. The first-order valence-corrected chi connectivity index (χ1v) is 7.96. The van der Waals surface area contributed by atoms with Gasteiger partial charge in [0.15, 0.2) is 0 Å². The molecule has 2 aromatic rings. The van der Waals surface area contributed by atoms with Gasteiger partial charge in [0, 0.05) is 48.5 Å². The Labute approximate surface area is 134 Å². The summed E-state index contributed by atoms with van der Waals surface area (Å²) in [5.74, 6) is 1.97. The van der Waals surface area contributed by atoms with E-state index in [-0.39, 0.29) is 0 Å². The molecule has 0 saturated heterocycles. The van der Waals surface area contributed by atoms with E-state index in [9.17, 15) is 0 Å². The molecule has 0 fully saturated rings. The number of imidazole rings is 1. The summed E-state index contributed by atoms with van der Waals surface area (Å²) in [7, 11) is 2.00. The number of nitrogens with zero attached hydrogens (tertiary/aromatic N) is 2. The van der Waals surface area contributed by atoms with E-state index < -0.39 is 0 Å². The van der Waals surface area contributed by atoms with E-state index in [1.807, 2.05) is 36.1 Å². The molecule has 0 saturated carbocycles. The highest BCUT2D eigenvalue weighted by Crippen LogP contribution is 2.23. The SMILES string of the molecule is CC(C)NCc1cc(Br)ccc1OCCc1nccn1C. The maximum Gasteiger partial charge on any atom is 0.123 e. The van der Waals surface area contributed by atoms with E-state index in [0.717, 1.165) is 34.6 Å². The number of rotatable bonds is 7. The minimum Gasteiger partial charge on any atom is -0.493 e. The topological polar surface area (TPSA) is 39.1 Å². The van der Waals surface area contributed by atoms with Crippen LogP contribution in [0.5, 0.6) is 5.75 Å². The standard InChI is InChI=1S/C16H22BrN3O/c1-12(2)19-11-13-10-14(17)4-5-15(13)21-9-6-16-18-7-8-20(16)3/h4-5,7-8,10,12,19H,6,9,11H2,1-3H3. The molecule has 1 aromatic heterocycles. The van der Waals surface area contributed by atoms with Gasteiger partial charge in [-0.25, -0.2) is 4.98 Å². The number of aryl methyl sites for hydroxylation is 1. The molecule has 21 heavy (non-hydrogen) atoms.